The van der Waals surface area contributed by atoms with Crippen molar-refractivity contribution in [2.75, 3.05) is 40.5 Å². The van der Waals surface area contributed by atoms with Crippen LogP contribution < -0.4 is 0 Å². The third-order valence-corrected chi connectivity index (χ3v) is 2.65. The van der Waals surface area contributed by atoms with Crippen LogP contribution in [0.3, 0.4) is 0 Å². The van der Waals surface area contributed by atoms with Gasteiger partial charge in [0.25, 0.3) is 0 Å². The Morgan fingerprint density at radius 1 is 1.58 bits per heavy atom. The fourth-order valence-electron chi connectivity index (χ4n) is 1.74. The second kappa shape index (κ2) is 4.80. The van der Waals surface area contributed by atoms with Gasteiger partial charge in [0.2, 0.25) is 0 Å². The topological polar surface area (TPSA) is 26.7 Å². The molecule has 12 heavy (non-hydrogen) atoms. The van der Waals surface area contributed by atoms with E-state index in [1.54, 1.807) is 0 Å². The first-order valence-corrected chi connectivity index (χ1v) is 4.70. The molecule has 1 rings (SSSR count). The van der Waals surface area contributed by atoms with Crippen LogP contribution in [-0.4, -0.2) is 55.4 Å². The molecule has 1 N–H and O–H groups in total. The summed E-state index contributed by atoms with van der Waals surface area (Å²) in [6.45, 7) is 3.68. The molecule has 1 aliphatic rings. The van der Waals surface area contributed by atoms with Crippen LogP contribution in [0, 0.1) is 5.92 Å². The Bertz CT molecular complexity index is 130. The minimum absolute atomic E-state index is 0.183. The first-order chi connectivity index (χ1) is 5.72. The van der Waals surface area contributed by atoms with E-state index in [2.05, 4.69) is 11.9 Å². The van der Waals surface area contributed by atoms with Crippen molar-refractivity contribution >= 4 is 0 Å². The molecular weight excluding hydrogens is 152 g/mol. The van der Waals surface area contributed by atoms with Gasteiger partial charge in [0.05, 0.1) is 6.73 Å². The SMILES string of the molecule is CN(CO)CCC1CCN(C)C1. The lowest BCUT2D eigenvalue weighted by molar-refractivity contribution is 0.126. The molecule has 1 fully saturated rings. The molecule has 0 spiro atoms. The first kappa shape index (κ1) is 9.96. The number of rotatable bonds is 4. The summed E-state index contributed by atoms with van der Waals surface area (Å²) in [6.07, 6.45) is 2.55. The smallest absolute Gasteiger partial charge is 0.0954 e. The maximum atomic E-state index is 8.78. The van der Waals surface area contributed by atoms with E-state index in [1.165, 1.54) is 25.9 Å². The third-order valence-electron chi connectivity index (χ3n) is 2.65. The molecule has 1 aliphatic heterocycles. The van der Waals surface area contributed by atoms with Gasteiger partial charge in [-0.25, -0.2) is 0 Å². The second-order valence-electron chi connectivity index (χ2n) is 3.93. The summed E-state index contributed by atoms with van der Waals surface area (Å²) in [6, 6.07) is 0. The largest absolute Gasteiger partial charge is 0.381 e. The molecule has 0 aromatic rings. The van der Waals surface area contributed by atoms with Crippen LogP contribution in [-0.2, 0) is 0 Å². The predicted molar refractivity (Wildman–Crippen MR) is 49.9 cm³/mol. The summed E-state index contributed by atoms with van der Waals surface area (Å²) < 4.78 is 0. The molecule has 3 heteroatoms. The molecule has 0 amide bonds. The number of hydrogen-bond acceptors (Lipinski definition) is 3. The minimum atomic E-state index is 0.183. The van der Waals surface area contributed by atoms with Crippen LogP contribution in [0.1, 0.15) is 12.8 Å². The zero-order chi connectivity index (χ0) is 8.97. The Hall–Kier alpha value is -0.120. The molecule has 0 saturated carbocycles. The lowest BCUT2D eigenvalue weighted by atomic mass is 10.1. The molecule has 0 aliphatic carbocycles. The Kier molecular flexibility index (Phi) is 3.98. The Labute approximate surface area is 75.0 Å². The molecule has 1 heterocycles. The van der Waals surface area contributed by atoms with Crippen molar-refractivity contribution in [3.05, 3.63) is 0 Å². The van der Waals surface area contributed by atoms with Gasteiger partial charge in [-0.05, 0) is 39.4 Å². The van der Waals surface area contributed by atoms with E-state index in [0.29, 0.717) is 0 Å². The van der Waals surface area contributed by atoms with Crippen molar-refractivity contribution in [3.8, 4) is 0 Å². The molecular formula is C9H20N2O. The molecule has 1 unspecified atom stereocenters. The van der Waals surface area contributed by atoms with Gasteiger partial charge in [0.1, 0.15) is 0 Å². The van der Waals surface area contributed by atoms with Gasteiger partial charge < -0.3 is 10.0 Å². The predicted octanol–water partition coefficient (Wildman–Crippen LogP) is 0.210. The van der Waals surface area contributed by atoms with Gasteiger partial charge in [-0.1, -0.05) is 0 Å². The highest BCUT2D eigenvalue weighted by Crippen LogP contribution is 2.17. The number of aliphatic hydroxyl groups is 1. The summed E-state index contributed by atoms with van der Waals surface area (Å²) in [4.78, 5) is 4.34. The van der Waals surface area contributed by atoms with Crippen LogP contribution in [0.15, 0.2) is 0 Å². The van der Waals surface area contributed by atoms with E-state index in [1.807, 2.05) is 11.9 Å². The second-order valence-corrected chi connectivity index (χ2v) is 3.93. The van der Waals surface area contributed by atoms with E-state index in [0.717, 1.165) is 12.5 Å². The average molecular weight is 172 g/mol. The molecule has 1 saturated heterocycles. The monoisotopic (exact) mass is 172 g/mol. The van der Waals surface area contributed by atoms with Gasteiger partial charge >= 0.3 is 0 Å². The van der Waals surface area contributed by atoms with Gasteiger partial charge in [-0.3, -0.25) is 4.90 Å². The summed E-state index contributed by atoms with van der Waals surface area (Å²) in [7, 11) is 4.13. The van der Waals surface area contributed by atoms with E-state index in [4.69, 9.17) is 5.11 Å². The Morgan fingerprint density at radius 3 is 2.83 bits per heavy atom. The lowest BCUT2D eigenvalue weighted by Crippen LogP contribution is -2.23. The van der Waals surface area contributed by atoms with E-state index < -0.39 is 0 Å². The number of hydrogen-bond donors (Lipinski definition) is 1. The highest BCUT2D eigenvalue weighted by atomic mass is 16.3. The highest BCUT2D eigenvalue weighted by Gasteiger charge is 2.18. The van der Waals surface area contributed by atoms with Crippen molar-refractivity contribution in [2.24, 2.45) is 5.92 Å². The summed E-state index contributed by atoms with van der Waals surface area (Å²) in [5.41, 5.74) is 0. The van der Waals surface area contributed by atoms with Gasteiger partial charge in [0.15, 0.2) is 0 Å². The Balaban J connectivity index is 2.07. The molecule has 0 aromatic heterocycles. The van der Waals surface area contributed by atoms with Crippen molar-refractivity contribution in [3.63, 3.8) is 0 Å². The number of likely N-dealkylation sites (tertiary alicyclic amines) is 1. The average Bonchev–Trinajstić information content (AvgIpc) is 2.47. The zero-order valence-electron chi connectivity index (χ0n) is 8.16. The number of aliphatic hydroxyl groups excluding tert-OH is 1. The lowest BCUT2D eigenvalue weighted by Gasteiger charge is -2.16. The molecule has 0 bridgehead atoms. The first-order valence-electron chi connectivity index (χ1n) is 4.70. The van der Waals surface area contributed by atoms with Crippen molar-refractivity contribution in [1.29, 1.82) is 0 Å². The fraction of sp³-hybridized carbons (Fsp3) is 1.00. The quantitative estimate of drug-likeness (QED) is 0.614. The Morgan fingerprint density at radius 2 is 2.33 bits per heavy atom. The van der Waals surface area contributed by atoms with Gasteiger partial charge in [-0.15, -0.1) is 0 Å². The van der Waals surface area contributed by atoms with Crippen molar-refractivity contribution < 1.29 is 5.11 Å². The summed E-state index contributed by atoms with van der Waals surface area (Å²) >= 11 is 0. The standard InChI is InChI=1S/C9H20N2O/c1-10-5-3-9(7-10)4-6-11(2)8-12/h9,12H,3-8H2,1-2H3. The maximum Gasteiger partial charge on any atom is 0.0954 e. The van der Waals surface area contributed by atoms with Crippen molar-refractivity contribution in [1.82, 2.24) is 9.80 Å². The molecule has 3 nitrogen and oxygen atoms in total. The van der Waals surface area contributed by atoms with Crippen LogP contribution in [0.4, 0.5) is 0 Å². The normalized spacial score (nSPS) is 25.5. The van der Waals surface area contributed by atoms with Crippen LogP contribution in [0.25, 0.3) is 0 Å². The van der Waals surface area contributed by atoms with Crippen molar-refractivity contribution in [2.45, 2.75) is 12.8 Å². The number of nitrogens with zero attached hydrogens (tertiary/aromatic N) is 2. The molecule has 1 atom stereocenters. The van der Waals surface area contributed by atoms with Gasteiger partial charge in [0, 0.05) is 13.1 Å². The summed E-state index contributed by atoms with van der Waals surface area (Å²) in [5.74, 6) is 0.851. The summed E-state index contributed by atoms with van der Waals surface area (Å²) in [5, 5.41) is 8.78. The molecule has 72 valence electrons. The van der Waals surface area contributed by atoms with Crippen LogP contribution in [0.5, 0.6) is 0 Å². The van der Waals surface area contributed by atoms with Crippen LogP contribution >= 0.6 is 0 Å². The minimum Gasteiger partial charge on any atom is -0.381 e. The van der Waals surface area contributed by atoms with Gasteiger partial charge in [-0.2, -0.15) is 0 Å². The third kappa shape index (κ3) is 3.09. The fourth-order valence-corrected chi connectivity index (χ4v) is 1.74. The van der Waals surface area contributed by atoms with E-state index in [-0.39, 0.29) is 6.73 Å². The zero-order valence-corrected chi connectivity index (χ0v) is 8.16. The van der Waals surface area contributed by atoms with E-state index >= 15 is 0 Å². The maximum absolute atomic E-state index is 8.78. The van der Waals surface area contributed by atoms with Crippen LogP contribution in [0.2, 0.25) is 0 Å². The molecule has 0 aromatic carbocycles. The highest BCUT2D eigenvalue weighted by molar-refractivity contribution is 4.73. The van der Waals surface area contributed by atoms with E-state index in [9.17, 15) is 0 Å². The molecule has 0 radical (unpaired) electrons.